The Morgan fingerprint density at radius 1 is 1.03 bits per heavy atom. The molecule has 0 saturated heterocycles. The second kappa shape index (κ2) is 9.59. The lowest BCUT2D eigenvalue weighted by molar-refractivity contribution is -0.143. The Morgan fingerprint density at radius 3 is 2.62 bits per heavy atom. The molecule has 5 nitrogen and oxygen atoms in total. The van der Waals surface area contributed by atoms with Crippen molar-refractivity contribution >= 4 is 17.6 Å². The van der Waals surface area contributed by atoms with E-state index in [2.05, 4.69) is 10.3 Å². The number of ether oxygens (including phenoxy) is 1. The molecule has 0 bridgehead atoms. The van der Waals surface area contributed by atoms with E-state index in [1.54, 1.807) is 43.3 Å². The summed E-state index contributed by atoms with van der Waals surface area (Å²) in [5, 5.41) is 2.81. The Kier molecular flexibility index (Phi) is 6.68. The van der Waals surface area contributed by atoms with Gasteiger partial charge in [-0.25, -0.2) is 9.37 Å². The zero-order valence-electron chi connectivity index (χ0n) is 16.0. The van der Waals surface area contributed by atoms with Crippen molar-refractivity contribution in [2.45, 2.75) is 19.8 Å². The fourth-order valence-corrected chi connectivity index (χ4v) is 2.85. The Balaban J connectivity index is 1.70. The number of carbonyl (C=O) groups excluding carboxylic acids is 2. The van der Waals surface area contributed by atoms with Crippen molar-refractivity contribution in [3.05, 3.63) is 83.8 Å². The van der Waals surface area contributed by atoms with Gasteiger partial charge in [-0.3, -0.25) is 9.59 Å². The van der Waals surface area contributed by atoms with Crippen LogP contribution in [0.3, 0.4) is 0 Å². The standard InChI is InChI=1S/C23H21FN2O3/c1-2-29-22(27)13-12-16-6-3-9-19(14-16)25-23(28)21-11-5-10-20(26-21)17-7-4-8-18(24)15-17/h3-11,14-15H,2,12-13H2,1H3,(H,25,28). The molecule has 6 heteroatoms. The molecule has 0 aliphatic heterocycles. The fraction of sp³-hybridized carbons (Fsp3) is 0.174. The lowest BCUT2D eigenvalue weighted by Crippen LogP contribution is -2.14. The van der Waals surface area contributed by atoms with Crippen LogP contribution in [-0.4, -0.2) is 23.5 Å². The molecule has 0 radical (unpaired) electrons. The first kappa shape index (κ1) is 20.2. The molecule has 0 aliphatic rings. The van der Waals surface area contributed by atoms with Crippen molar-refractivity contribution in [3.8, 4) is 11.3 Å². The molecule has 2 aromatic carbocycles. The van der Waals surface area contributed by atoms with Crippen molar-refractivity contribution in [1.29, 1.82) is 0 Å². The van der Waals surface area contributed by atoms with Crippen LogP contribution in [0.2, 0.25) is 0 Å². The third-order valence-electron chi connectivity index (χ3n) is 4.21. The summed E-state index contributed by atoms with van der Waals surface area (Å²) in [5.74, 6) is -0.982. The van der Waals surface area contributed by atoms with E-state index in [0.29, 0.717) is 30.0 Å². The Morgan fingerprint density at radius 2 is 1.83 bits per heavy atom. The van der Waals surface area contributed by atoms with Gasteiger partial charge in [-0.1, -0.05) is 30.3 Å². The van der Waals surface area contributed by atoms with Gasteiger partial charge in [-0.2, -0.15) is 0 Å². The molecular weight excluding hydrogens is 371 g/mol. The normalized spacial score (nSPS) is 10.4. The second-order valence-electron chi connectivity index (χ2n) is 6.38. The van der Waals surface area contributed by atoms with Crippen LogP contribution in [0, 0.1) is 5.82 Å². The van der Waals surface area contributed by atoms with Gasteiger partial charge in [-0.15, -0.1) is 0 Å². The summed E-state index contributed by atoms with van der Waals surface area (Å²) in [4.78, 5) is 28.5. The summed E-state index contributed by atoms with van der Waals surface area (Å²) in [7, 11) is 0. The minimum absolute atomic E-state index is 0.226. The van der Waals surface area contributed by atoms with Gasteiger partial charge in [-0.05, 0) is 55.3 Å². The average molecular weight is 392 g/mol. The first-order chi connectivity index (χ1) is 14.0. The van der Waals surface area contributed by atoms with Crippen LogP contribution >= 0.6 is 0 Å². The minimum Gasteiger partial charge on any atom is -0.466 e. The molecule has 0 spiro atoms. The van der Waals surface area contributed by atoms with Gasteiger partial charge in [0.05, 0.1) is 12.3 Å². The van der Waals surface area contributed by atoms with E-state index in [1.807, 2.05) is 18.2 Å². The first-order valence-corrected chi connectivity index (χ1v) is 9.34. The van der Waals surface area contributed by atoms with Crippen molar-refractivity contribution in [2.24, 2.45) is 0 Å². The number of nitrogens with zero attached hydrogens (tertiary/aromatic N) is 1. The number of aromatic nitrogens is 1. The van der Waals surface area contributed by atoms with E-state index < -0.39 is 0 Å². The quantitative estimate of drug-likeness (QED) is 0.595. The Hall–Kier alpha value is -3.54. The molecule has 0 atom stereocenters. The number of aryl methyl sites for hydroxylation is 1. The smallest absolute Gasteiger partial charge is 0.306 e. The maximum atomic E-state index is 13.5. The van der Waals surface area contributed by atoms with E-state index in [-0.39, 0.29) is 29.8 Å². The van der Waals surface area contributed by atoms with Crippen LogP contribution in [0.15, 0.2) is 66.7 Å². The minimum atomic E-state index is -0.370. The van der Waals surface area contributed by atoms with Crippen LogP contribution in [0.5, 0.6) is 0 Å². The summed E-state index contributed by atoms with van der Waals surface area (Å²) in [6.45, 7) is 2.13. The number of esters is 1. The Labute approximate surface area is 168 Å². The topological polar surface area (TPSA) is 68.3 Å². The SMILES string of the molecule is CCOC(=O)CCc1cccc(NC(=O)c2cccc(-c3cccc(F)c3)n2)c1. The van der Waals surface area contributed by atoms with Gasteiger partial charge in [0.15, 0.2) is 0 Å². The van der Waals surface area contributed by atoms with Crippen molar-refractivity contribution < 1.29 is 18.7 Å². The van der Waals surface area contributed by atoms with E-state index >= 15 is 0 Å². The van der Waals surface area contributed by atoms with Crippen molar-refractivity contribution in [1.82, 2.24) is 4.98 Å². The second-order valence-corrected chi connectivity index (χ2v) is 6.38. The number of carbonyl (C=O) groups is 2. The molecule has 1 amide bonds. The number of amides is 1. The van der Waals surface area contributed by atoms with E-state index in [0.717, 1.165) is 5.56 Å². The molecule has 0 unspecified atom stereocenters. The number of benzene rings is 2. The molecule has 0 saturated carbocycles. The number of hydrogen-bond acceptors (Lipinski definition) is 4. The molecule has 148 valence electrons. The van der Waals surface area contributed by atoms with Gasteiger partial charge in [0.2, 0.25) is 0 Å². The summed E-state index contributed by atoms with van der Waals surface area (Å²) in [5.41, 5.74) is 2.86. The van der Waals surface area contributed by atoms with Gasteiger partial charge < -0.3 is 10.1 Å². The highest BCUT2D eigenvalue weighted by molar-refractivity contribution is 6.03. The lowest BCUT2D eigenvalue weighted by Gasteiger charge is -2.08. The van der Waals surface area contributed by atoms with Gasteiger partial charge in [0.1, 0.15) is 11.5 Å². The molecule has 29 heavy (non-hydrogen) atoms. The lowest BCUT2D eigenvalue weighted by atomic mass is 10.1. The zero-order chi connectivity index (χ0) is 20.6. The highest BCUT2D eigenvalue weighted by Gasteiger charge is 2.11. The highest BCUT2D eigenvalue weighted by Crippen LogP contribution is 2.19. The molecule has 3 rings (SSSR count). The van der Waals surface area contributed by atoms with E-state index in [9.17, 15) is 14.0 Å². The predicted octanol–water partition coefficient (Wildman–Crippen LogP) is 4.64. The molecule has 1 aromatic heterocycles. The fourth-order valence-electron chi connectivity index (χ4n) is 2.85. The molecule has 0 aliphatic carbocycles. The van der Waals surface area contributed by atoms with E-state index in [1.165, 1.54) is 12.1 Å². The molecule has 1 heterocycles. The highest BCUT2D eigenvalue weighted by atomic mass is 19.1. The number of halogens is 1. The maximum absolute atomic E-state index is 13.5. The number of hydrogen-bond donors (Lipinski definition) is 1. The monoisotopic (exact) mass is 392 g/mol. The summed E-state index contributed by atoms with van der Waals surface area (Å²) >= 11 is 0. The Bertz CT molecular complexity index is 1020. The van der Waals surface area contributed by atoms with Crippen LogP contribution in [-0.2, 0) is 16.0 Å². The van der Waals surface area contributed by atoms with Crippen LogP contribution in [0.25, 0.3) is 11.3 Å². The summed E-state index contributed by atoms with van der Waals surface area (Å²) in [6.07, 6.45) is 0.804. The summed E-state index contributed by atoms with van der Waals surface area (Å²) < 4.78 is 18.4. The number of nitrogens with one attached hydrogen (secondary N) is 1. The number of pyridine rings is 1. The maximum Gasteiger partial charge on any atom is 0.306 e. The summed E-state index contributed by atoms with van der Waals surface area (Å²) in [6, 6.07) is 18.4. The third-order valence-corrected chi connectivity index (χ3v) is 4.21. The number of rotatable bonds is 7. The zero-order valence-corrected chi connectivity index (χ0v) is 16.0. The average Bonchev–Trinajstić information content (AvgIpc) is 2.73. The van der Waals surface area contributed by atoms with Crippen LogP contribution in [0.4, 0.5) is 10.1 Å². The van der Waals surface area contributed by atoms with Crippen LogP contribution in [0.1, 0.15) is 29.4 Å². The van der Waals surface area contributed by atoms with Gasteiger partial charge in [0.25, 0.3) is 5.91 Å². The predicted molar refractivity (Wildman–Crippen MR) is 109 cm³/mol. The third kappa shape index (κ3) is 5.72. The molecule has 1 N–H and O–H groups in total. The molecule has 3 aromatic rings. The van der Waals surface area contributed by atoms with Gasteiger partial charge >= 0.3 is 5.97 Å². The molecular formula is C23H21FN2O3. The molecule has 0 fully saturated rings. The first-order valence-electron chi connectivity index (χ1n) is 9.34. The van der Waals surface area contributed by atoms with E-state index in [4.69, 9.17) is 4.74 Å². The van der Waals surface area contributed by atoms with Crippen molar-refractivity contribution in [3.63, 3.8) is 0 Å². The van der Waals surface area contributed by atoms with Crippen molar-refractivity contribution in [2.75, 3.05) is 11.9 Å². The number of anilines is 1. The largest absolute Gasteiger partial charge is 0.466 e. The van der Waals surface area contributed by atoms with Crippen LogP contribution < -0.4 is 5.32 Å². The van der Waals surface area contributed by atoms with Gasteiger partial charge in [0, 0.05) is 17.7 Å².